The largest absolute Gasteiger partial charge is 0.586 e. The van der Waals surface area contributed by atoms with Gasteiger partial charge in [0.15, 0.2) is 22.2 Å². The molecule has 1 radical (unpaired) electrons. The van der Waals surface area contributed by atoms with Gasteiger partial charge in [0.05, 0.1) is 0 Å². The molecule has 4 rings (SSSR count). The molecular formula is C13H8F2N3O5SY-. The number of rotatable bonds is 2. The fourth-order valence-electron chi connectivity index (χ4n) is 2.50. The van der Waals surface area contributed by atoms with Gasteiger partial charge in [0.2, 0.25) is 0 Å². The first-order chi connectivity index (χ1) is 11.2. The summed E-state index contributed by atoms with van der Waals surface area (Å²) in [7, 11) is -4.13. The minimum absolute atomic E-state index is 0. The third kappa shape index (κ3) is 2.74. The Morgan fingerprint density at radius 3 is 2.44 bits per heavy atom. The molecule has 1 aliphatic heterocycles. The van der Waals surface area contributed by atoms with Crippen LogP contribution in [0.5, 0.6) is 11.5 Å². The van der Waals surface area contributed by atoms with E-state index in [1.165, 1.54) is 13.8 Å². The Kier molecular flexibility index (Phi) is 4.16. The summed E-state index contributed by atoms with van der Waals surface area (Å²) in [6, 6.07) is 2.26. The Labute approximate surface area is 165 Å². The summed E-state index contributed by atoms with van der Waals surface area (Å²) >= 11 is 0. The number of hydrogen-bond acceptors (Lipinski definition) is 7. The fraction of sp³-hybridized carbons (Fsp3) is 0.231. The van der Waals surface area contributed by atoms with E-state index in [-0.39, 0.29) is 71.6 Å². The molecule has 3 heterocycles. The van der Waals surface area contributed by atoms with E-state index in [1.54, 1.807) is 0 Å². The van der Waals surface area contributed by atoms with Crippen LogP contribution < -0.4 is 9.47 Å². The Balaban J connectivity index is 0.00000182. The summed E-state index contributed by atoms with van der Waals surface area (Å²) in [5.41, 5.74) is 0.274. The molecule has 2 aromatic heterocycles. The van der Waals surface area contributed by atoms with Crippen molar-refractivity contribution in [2.45, 2.75) is 25.0 Å². The van der Waals surface area contributed by atoms with Crippen molar-refractivity contribution < 1.29 is 63.9 Å². The first-order valence-corrected chi connectivity index (χ1v) is 8.01. The Hall–Kier alpha value is -1.59. The van der Waals surface area contributed by atoms with Crippen molar-refractivity contribution in [3.05, 3.63) is 29.9 Å². The Morgan fingerprint density at radius 1 is 1.20 bits per heavy atom. The van der Waals surface area contributed by atoms with Gasteiger partial charge in [-0.15, -0.1) is 8.78 Å². The average Bonchev–Trinajstić information content (AvgIpc) is 3.10. The number of imidazole rings is 1. The molecule has 0 saturated heterocycles. The molecule has 0 spiro atoms. The molecule has 1 aromatic carbocycles. The SMILES string of the molecule is Cc1noc(C)c1S(=O)(=O)n1[c-]nc2cc3c(cc21)OC(F)(F)O3.[Y]. The predicted octanol–water partition coefficient (Wildman–Crippen LogP) is 2.00. The summed E-state index contributed by atoms with van der Waals surface area (Å²) in [6.45, 7) is 2.92. The van der Waals surface area contributed by atoms with Crippen molar-refractivity contribution in [3.63, 3.8) is 0 Å². The van der Waals surface area contributed by atoms with E-state index in [1.807, 2.05) is 0 Å². The predicted molar refractivity (Wildman–Crippen MR) is 73.3 cm³/mol. The molecular weight excluding hydrogens is 437 g/mol. The molecule has 1 aliphatic rings. The zero-order valence-electron chi connectivity index (χ0n) is 12.8. The molecule has 12 heteroatoms. The summed E-state index contributed by atoms with van der Waals surface area (Å²) in [4.78, 5) is 3.67. The van der Waals surface area contributed by atoms with Gasteiger partial charge in [-0.2, -0.15) is 0 Å². The molecule has 8 nitrogen and oxygen atoms in total. The topological polar surface area (TPSA) is 96.5 Å². The summed E-state index contributed by atoms with van der Waals surface area (Å²) in [5, 5.41) is 3.60. The standard InChI is InChI=1S/C13H8F2N3O5S.Y/c1-6-12(7(2)23-17-6)24(19,20)18-5-16-8-3-10-11(4-9(8)18)22-13(14,15)21-10;/h3-4H,1-2H3;/q-1;. The first kappa shape index (κ1) is 18.2. The number of aromatic nitrogens is 3. The molecule has 0 saturated carbocycles. The monoisotopic (exact) mass is 445 g/mol. The zero-order valence-corrected chi connectivity index (χ0v) is 16.4. The van der Waals surface area contributed by atoms with Crippen molar-refractivity contribution in [1.29, 1.82) is 0 Å². The van der Waals surface area contributed by atoms with Crippen LogP contribution in [0.3, 0.4) is 0 Å². The maximum Gasteiger partial charge on any atom is 0.586 e. The van der Waals surface area contributed by atoms with Crippen molar-refractivity contribution in [1.82, 2.24) is 14.1 Å². The number of halogens is 2. The second-order valence-corrected chi connectivity index (χ2v) is 6.81. The van der Waals surface area contributed by atoms with Gasteiger partial charge in [-0.3, -0.25) is 0 Å². The average molecular weight is 445 g/mol. The number of hydrogen-bond donors (Lipinski definition) is 0. The van der Waals surface area contributed by atoms with Crippen LogP contribution in [0.15, 0.2) is 21.6 Å². The van der Waals surface area contributed by atoms with Crippen LogP contribution in [0.2, 0.25) is 0 Å². The van der Waals surface area contributed by atoms with Gasteiger partial charge in [0.1, 0.15) is 5.69 Å². The molecule has 0 fully saturated rings. The van der Waals surface area contributed by atoms with E-state index in [9.17, 15) is 17.2 Å². The van der Waals surface area contributed by atoms with E-state index in [0.29, 0.717) is 0 Å². The number of nitrogens with zero attached hydrogens (tertiary/aromatic N) is 3. The van der Waals surface area contributed by atoms with Crippen molar-refractivity contribution in [2.24, 2.45) is 0 Å². The second-order valence-electron chi connectivity index (χ2n) is 5.09. The van der Waals surface area contributed by atoms with Crippen molar-refractivity contribution >= 4 is 21.1 Å². The Morgan fingerprint density at radius 2 is 1.84 bits per heavy atom. The Bertz CT molecular complexity index is 1070. The number of aryl methyl sites for hydroxylation is 2. The summed E-state index contributed by atoms with van der Waals surface area (Å²) in [5.74, 6) is -0.437. The molecule has 129 valence electrons. The smallest absolute Gasteiger partial charge is 0.396 e. The molecule has 0 unspecified atom stereocenters. The van der Waals surface area contributed by atoms with E-state index < -0.39 is 16.3 Å². The van der Waals surface area contributed by atoms with Crippen LogP contribution >= 0.6 is 0 Å². The second kappa shape index (κ2) is 5.71. The molecule has 0 atom stereocenters. The molecule has 0 N–H and O–H groups in total. The van der Waals surface area contributed by atoms with E-state index >= 15 is 0 Å². The van der Waals surface area contributed by atoms with Gasteiger partial charge in [-0.1, -0.05) is 28.3 Å². The van der Waals surface area contributed by atoms with Gasteiger partial charge in [0, 0.05) is 39.0 Å². The molecule has 0 bridgehead atoms. The van der Waals surface area contributed by atoms with Crippen molar-refractivity contribution in [3.8, 4) is 11.5 Å². The van der Waals surface area contributed by atoms with E-state index in [2.05, 4.69) is 25.9 Å². The van der Waals surface area contributed by atoms with E-state index in [0.717, 1.165) is 16.1 Å². The fourth-order valence-corrected chi connectivity index (χ4v) is 4.04. The third-order valence-corrected chi connectivity index (χ3v) is 5.30. The number of alkyl halides is 2. The molecule has 3 aromatic rings. The van der Waals surface area contributed by atoms with Gasteiger partial charge < -0.3 is 23.0 Å². The van der Waals surface area contributed by atoms with Crippen LogP contribution in [-0.4, -0.2) is 28.8 Å². The number of benzene rings is 1. The summed E-state index contributed by atoms with van der Waals surface area (Å²) < 4.78 is 66.2. The normalized spacial score (nSPS) is 15.4. The van der Waals surface area contributed by atoms with Crippen molar-refractivity contribution in [2.75, 3.05) is 0 Å². The van der Waals surface area contributed by atoms with Crippen LogP contribution in [0, 0.1) is 20.2 Å². The summed E-state index contributed by atoms with van der Waals surface area (Å²) in [6.07, 6.45) is -1.48. The van der Waals surface area contributed by atoms with Gasteiger partial charge in [-0.05, 0) is 13.8 Å². The minimum atomic E-state index is -4.13. The minimum Gasteiger partial charge on any atom is -0.396 e. The number of fused-ring (bicyclic) bond motifs is 2. The van der Waals surface area contributed by atoms with Gasteiger partial charge in [0.25, 0.3) is 10.0 Å². The zero-order chi connectivity index (χ0) is 17.3. The number of ether oxygens (including phenoxy) is 2. The molecule has 0 amide bonds. The quantitative estimate of drug-likeness (QED) is 0.557. The molecule has 25 heavy (non-hydrogen) atoms. The maximum absolute atomic E-state index is 13.1. The first-order valence-electron chi connectivity index (χ1n) is 6.57. The third-order valence-electron chi connectivity index (χ3n) is 3.44. The van der Waals surface area contributed by atoms with Gasteiger partial charge >= 0.3 is 6.29 Å². The maximum atomic E-state index is 13.1. The van der Waals surface area contributed by atoms with Crippen LogP contribution in [0.1, 0.15) is 11.5 Å². The van der Waals surface area contributed by atoms with Crippen LogP contribution in [0.25, 0.3) is 11.0 Å². The van der Waals surface area contributed by atoms with E-state index in [4.69, 9.17) is 4.52 Å². The van der Waals surface area contributed by atoms with Crippen LogP contribution in [-0.2, 0) is 42.7 Å². The van der Waals surface area contributed by atoms with Gasteiger partial charge in [-0.25, -0.2) is 8.42 Å². The van der Waals surface area contributed by atoms with Crippen LogP contribution in [0.4, 0.5) is 8.78 Å². The molecule has 0 aliphatic carbocycles.